The molecule has 116 valence electrons. The fraction of sp³-hybridized carbons (Fsp3) is 0.571. The summed E-state index contributed by atoms with van der Waals surface area (Å²) in [6.07, 6.45) is 0.819. The van der Waals surface area contributed by atoms with Gasteiger partial charge in [0, 0.05) is 31.4 Å². The van der Waals surface area contributed by atoms with Gasteiger partial charge in [-0.05, 0) is 19.1 Å². The molecule has 0 aliphatic carbocycles. The molecule has 0 aliphatic rings. The van der Waals surface area contributed by atoms with Gasteiger partial charge in [0.2, 0.25) is 0 Å². The second-order valence-electron chi connectivity index (χ2n) is 3.42. The van der Waals surface area contributed by atoms with Gasteiger partial charge in [0.15, 0.2) is 11.9 Å². The van der Waals surface area contributed by atoms with Crippen LogP contribution in [0.1, 0.15) is 39.1 Å². The molecule has 6 N–H and O–H groups in total. The molecule has 0 unspecified atom stereocenters. The van der Waals surface area contributed by atoms with E-state index in [-0.39, 0.29) is 11.9 Å². The molecule has 0 amide bonds. The minimum Gasteiger partial charge on any atom is -0.370 e. The Kier molecular flexibility index (Phi) is 13.7. The van der Waals surface area contributed by atoms with Crippen molar-refractivity contribution in [3.8, 4) is 0 Å². The number of aromatic nitrogens is 1. The molecule has 0 saturated carbocycles. The average Bonchev–Trinajstić information content (AvgIpc) is 2.88. The number of nitrogens with two attached hydrogens (primary N) is 2. The largest absolute Gasteiger partial charge is 0.370 e. The van der Waals surface area contributed by atoms with Crippen LogP contribution in [-0.4, -0.2) is 30.5 Å². The number of H-pyrrole nitrogens is 1. The van der Waals surface area contributed by atoms with E-state index in [4.69, 9.17) is 11.5 Å². The lowest BCUT2D eigenvalue weighted by molar-refractivity contribution is 0.920. The van der Waals surface area contributed by atoms with Crippen LogP contribution in [0.2, 0.25) is 0 Å². The van der Waals surface area contributed by atoms with Gasteiger partial charge in [0.1, 0.15) is 0 Å². The molecule has 0 spiro atoms. The minimum atomic E-state index is 0.261. The summed E-state index contributed by atoms with van der Waals surface area (Å²) in [7, 11) is 1.58. The number of hydrogen-bond donors (Lipinski definition) is 4. The van der Waals surface area contributed by atoms with Crippen molar-refractivity contribution in [3.05, 3.63) is 23.5 Å². The Morgan fingerprint density at radius 1 is 1.15 bits per heavy atom. The Morgan fingerprint density at radius 3 is 2.20 bits per heavy atom. The highest BCUT2D eigenvalue weighted by atomic mass is 15.2. The highest BCUT2D eigenvalue weighted by Gasteiger charge is 1.96. The van der Waals surface area contributed by atoms with E-state index in [2.05, 4.69) is 20.3 Å². The highest BCUT2D eigenvalue weighted by molar-refractivity contribution is 5.96. The van der Waals surface area contributed by atoms with E-state index in [1.54, 1.807) is 7.05 Å². The molecule has 6 nitrogen and oxygen atoms in total. The smallest absolute Gasteiger partial charge is 0.195 e. The van der Waals surface area contributed by atoms with E-state index in [1.165, 1.54) is 0 Å². The molecule has 1 rings (SSSR count). The predicted octanol–water partition coefficient (Wildman–Crippen LogP) is 1.77. The van der Waals surface area contributed by atoms with Crippen LogP contribution < -0.4 is 16.8 Å². The van der Waals surface area contributed by atoms with Gasteiger partial charge in [-0.2, -0.15) is 0 Å². The molecule has 0 saturated heterocycles. The third-order valence-electron chi connectivity index (χ3n) is 2.05. The first-order valence-corrected chi connectivity index (χ1v) is 7.05. The van der Waals surface area contributed by atoms with Gasteiger partial charge in [-0.15, -0.1) is 0 Å². The van der Waals surface area contributed by atoms with Crippen LogP contribution >= 0.6 is 0 Å². The van der Waals surface area contributed by atoms with E-state index < -0.39 is 0 Å². The molecular weight excluding hydrogens is 252 g/mol. The summed E-state index contributed by atoms with van der Waals surface area (Å²) in [5.74, 6) is 0.545. The van der Waals surface area contributed by atoms with Crippen molar-refractivity contribution in [3.63, 3.8) is 0 Å². The van der Waals surface area contributed by atoms with Crippen LogP contribution in [0.5, 0.6) is 0 Å². The number of hydrogen-bond acceptors (Lipinski definition) is 2. The maximum Gasteiger partial charge on any atom is 0.195 e. The van der Waals surface area contributed by atoms with E-state index >= 15 is 0 Å². The van der Waals surface area contributed by atoms with Crippen LogP contribution in [0.3, 0.4) is 0 Å². The number of aromatic amines is 1. The van der Waals surface area contributed by atoms with Crippen molar-refractivity contribution in [1.82, 2.24) is 10.3 Å². The van der Waals surface area contributed by atoms with Crippen molar-refractivity contribution in [2.75, 3.05) is 13.6 Å². The van der Waals surface area contributed by atoms with E-state index in [9.17, 15) is 0 Å². The van der Waals surface area contributed by atoms with E-state index in [0.717, 1.165) is 17.8 Å². The van der Waals surface area contributed by atoms with Gasteiger partial charge in [0.05, 0.1) is 0 Å². The van der Waals surface area contributed by atoms with Gasteiger partial charge in [-0.1, -0.05) is 27.7 Å². The zero-order valence-corrected chi connectivity index (χ0v) is 13.6. The molecule has 0 atom stereocenters. The predicted molar refractivity (Wildman–Crippen MR) is 89.1 cm³/mol. The standard InChI is InChI=1S/C10H18N6.2C2H6/c1-7-3-4-8(15-7)5-6-14-10(12)16-9(11)13-2;2*1-2/h3-4,15H,5-6H2,1-2H3,(H5,11,12,13,14,16);2*1-2H3. The van der Waals surface area contributed by atoms with E-state index in [1.807, 2.05) is 46.8 Å². The van der Waals surface area contributed by atoms with Crippen LogP contribution in [0.15, 0.2) is 22.1 Å². The summed E-state index contributed by atoms with van der Waals surface area (Å²) in [6, 6.07) is 4.07. The van der Waals surface area contributed by atoms with Crippen LogP contribution in [0.4, 0.5) is 0 Å². The van der Waals surface area contributed by atoms with Gasteiger partial charge < -0.3 is 16.5 Å². The lowest BCUT2D eigenvalue weighted by Crippen LogP contribution is -2.41. The molecule has 0 aromatic carbocycles. The SMILES string of the molecule is CC.CC.CN=C(N)NC(N)=NCCc1ccc(C)[nH]1. The zero-order chi connectivity index (χ0) is 16.0. The number of aliphatic imine (C=N–C) groups is 2. The van der Waals surface area contributed by atoms with Gasteiger partial charge in [-0.3, -0.25) is 15.3 Å². The normalized spacial score (nSPS) is 10.9. The van der Waals surface area contributed by atoms with E-state index in [0.29, 0.717) is 6.54 Å². The summed E-state index contributed by atoms with van der Waals surface area (Å²) >= 11 is 0. The topological polar surface area (TPSA) is 105 Å². The Balaban J connectivity index is 0. The van der Waals surface area contributed by atoms with Crippen molar-refractivity contribution in [1.29, 1.82) is 0 Å². The lowest BCUT2D eigenvalue weighted by Gasteiger charge is -2.02. The Morgan fingerprint density at radius 2 is 1.75 bits per heavy atom. The summed E-state index contributed by atoms with van der Waals surface area (Å²) in [6.45, 7) is 10.6. The molecular formula is C14H30N6. The molecule has 0 fully saturated rings. The molecule has 0 bridgehead atoms. The second-order valence-corrected chi connectivity index (χ2v) is 3.42. The third kappa shape index (κ3) is 9.99. The molecule has 0 radical (unpaired) electrons. The van der Waals surface area contributed by atoms with Crippen molar-refractivity contribution in [2.45, 2.75) is 41.0 Å². The number of rotatable bonds is 3. The number of nitrogens with one attached hydrogen (secondary N) is 2. The first-order chi connectivity index (χ1) is 9.61. The fourth-order valence-electron chi connectivity index (χ4n) is 1.23. The molecule has 1 aromatic rings. The van der Waals surface area contributed by atoms with Gasteiger partial charge in [0.25, 0.3) is 0 Å². The third-order valence-corrected chi connectivity index (χ3v) is 2.05. The zero-order valence-electron chi connectivity index (χ0n) is 13.6. The molecule has 6 heteroatoms. The Hall–Kier alpha value is -1.98. The Bertz CT molecular complexity index is 392. The van der Waals surface area contributed by atoms with Crippen LogP contribution in [0, 0.1) is 6.92 Å². The average molecular weight is 282 g/mol. The molecule has 1 heterocycles. The quantitative estimate of drug-likeness (QED) is 0.501. The summed E-state index contributed by atoms with van der Waals surface area (Å²) in [5.41, 5.74) is 13.3. The number of guanidine groups is 2. The molecule has 0 aliphatic heterocycles. The van der Waals surface area contributed by atoms with Crippen LogP contribution in [-0.2, 0) is 6.42 Å². The van der Waals surface area contributed by atoms with Crippen molar-refractivity contribution in [2.24, 2.45) is 21.5 Å². The second kappa shape index (κ2) is 13.5. The lowest BCUT2D eigenvalue weighted by atomic mass is 10.3. The van der Waals surface area contributed by atoms with Gasteiger partial charge >= 0.3 is 0 Å². The maximum absolute atomic E-state index is 5.59. The summed E-state index contributed by atoms with van der Waals surface area (Å²) in [4.78, 5) is 11.1. The first-order valence-electron chi connectivity index (χ1n) is 7.05. The minimum absolute atomic E-state index is 0.261. The van der Waals surface area contributed by atoms with Crippen LogP contribution in [0.25, 0.3) is 0 Å². The number of aryl methyl sites for hydroxylation is 1. The maximum atomic E-state index is 5.59. The monoisotopic (exact) mass is 282 g/mol. The van der Waals surface area contributed by atoms with Gasteiger partial charge in [-0.25, -0.2) is 0 Å². The molecule has 20 heavy (non-hydrogen) atoms. The number of nitrogens with zero attached hydrogens (tertiary/aromatic N) is 2. The fourth-order valence-corrected chi connectivity index (χ4v) is 1.23. The summed E-state index contributed by atoms with van der Waals surface area (Å²) < 4.78 is 0. The van der Waals surface area contributed by atoms with Crippen molar-refractivity contribution >= 4 is 11.9 Å². The summed E-state index contributed by atoms with van der Waals surface area (Å²) in [5, 5.41) is 2.67. The van der Waals surface area contributed by atoms with Crippen molar-refractivity contribution < 1.29 is 0 Å². The first kappa shape index (κ1) is 20.3. The molecule has 1 aromatic heterocycles. The Labute approximate surface area is 122 Å². The highest BCUT2D eigenvalue weighted by Crippen LogP contribution is 2.00.